The number of anilines is 1. The third-order valence-corrected chi connectivity index (χ3v) is 4.77. The van der Waals surface area contributed by atoms with E-state index >= 15 is 0 Å². The van der Waals surface area contributed by atoms with Crippen LogP contribution in [-0.4, -0.2) is 35.4 Å². The van der Waals surface area contributed by atoms with Crippen LogP contribution in [0.5, 0.6) is 0 Å². The topological polar surface area (TPSA) is 121 Å². The van der Waals surface area contributed by atoms with Crippen LogP contribution in [0.2, 0.25) is 5.02 Å². The summed E-state index contributed by atoms with van der Waals surface area (Å²) in [4.78, 5) is 26.5. The van der Waals surface area contributed by atoms with E-state index in [1.54, 1.807) is 17.7 Å². The molecule has 1 aromatic carbocycles. The lowest BCUT2D eigenvalue weighted by atomic mass is 10.2. The fraction of sp³-hybridized carbons (Fsp3) is 0.200. The Hall–Kier alpha value is -2.79. The van der Waals surface area contributed by atoms with Gasteiger partial charge in [0.25, 0.3) is 5.91 Å². The first kappa shape index (κ1) is 19.0. The number of hydrogen-bond donors (Lipinski definition) is 1. The first-order valence-corrected chi connectivity index (χ1v) is 8.81. The number of aromatic nitrogens is 5. The average molecular weight is 455 g/mol. The maximum absolute atomic E-state index is 12.2. The number of nitrogens with zero attached hydrogens (tertiary/aromatic N) is 6. The number of halogens is 2. The van der Waals surface area contributed by atoms with E-state index in [0.717, 1.165) is 5.56 Å². The molecule has 3 aromatic rings. The van der Waals surface area contributed by atoms with Crippen LogP contribution in [0.25, 0.3) is 0 Å². The van der Waals surface area contributed by atoms with Crippen LogP contribution in [0.4, 0.5) is 11.8 Å². The molecule has 2 heterocycles. The Bertz CT molecular complexity index is 1020. The van der Waals surface area contributed by atoms with Crippen molar-refractivity contribution in [1.29, 1.82) is 0 Å². The zero-order valence-electron chi connectivity index (χ0n) is 14.0. The minimum Gasteiger partial charge on any atom is -0.358 e. The van der Waals surface area contributed by atoms with Crippen molar-refractivity contribution in [2.24, 2.45) is 0 Å². The van der Waals surface area contributed by atoms with Crippen molar-refractivity contribution >= 4 is 45.2 Å². The highest BCUT2D eigenvalue weighted by Gasteiger charge is 2.24. The molecule has 0 radical (unpaired) electrons. The molecule has 10 nitrogen and oxygen atoms in total. The molecule has 2 aromatic heterocycles. The Balaban J connectivity index is 1.64. The van der Waals surface area contributed by atoms with E-state index < -0.39 is 10.8 Å². The molecule has 0 fully saturated rings. The van der Waals surface area contributed by atoms with Crippen LogP contribution in [-0.2, 0) is 17.9 Å². The third-order valence-electron chi connectivity index (χ3n) is 3.60. The SMILES string of the molecule is Cc1c(Br)c([N+](=O)[O-])nn1CC(=O)Nc1ncn(Cc2cccc(Cl)c2)n1. The number of benzene rings is 1. The molecule has 12 heteroatoms. The van der Waals surface area contributed by atoms with Gasteiger partial charge in [-0.05, 0) is 45.5 Å². The second-order valence-electron chi connectivity index (χ2n) is 5.58. The summed E-state index contributed by atoms with van der Waals surface area (Å²) in [5, 5.41) is 22.1. The molecule has 27 heavy (non-hydrogen) atoms. The molecule has 0 aliphatic rings. The summed E-state index contributed by atoms with van der Waals surface area (Å²) in [7, 11) is 0. The van der Waals surface area contributed by atoms with Crippen molar-refractivity contribution in [1.82, 2.24) is 24.5 Å². The van der Waals surface area contributed by atoms with Crippen molar-refractivity contribution < 1.29 is 9.72 Å². The van der Waals surface area contributed by atoms with Crippen LogP contribution >= 0.6 is 27.5 Å². The minimum atomic E-state index is -0.620. The Kier molecular flexibility index (Phi) is 5.51. The van der Waals surface area contributed by atoms with Gasteiger partial charge in [-0.3, -0.25) is 10.1 Å². The number of nitrogens with one attached hydrogen (secondary N) is 1. The van der Waals surface area contributed by atoms with Crippen molar-refractivity contribution in [3.8, 4) is 0 Å². The van der Waals surface area contributed by atoms with Crippen LogP contribution < -0.4 is 5.32 Å². The summed E-state index contributed by atoms with van der Waals surface area (Å²) < 4.78 is 3.03. The van der Waals surface area contributed by atoms with Gasteiger partial charge in [0.1, 0.15) is 17.3 Å². The summed E-state index contributed by atoms with van der Waals surface area (Å²) in [6.45, 7) is 1.86. The van der Waals surface area contributed by atoms with Gasteiger partial charge in [-0.2, -0.15) is 4.68 Å². The first-order valence-electron chi connectivity index (χ1n) is 7.64. The van der Waals surface area contributed by atoms with Gasteiger partial charge >= 0.3 is 5.82 Å². The fourth-order valence-electron chi connectivity index (χ4n) is 2.33. The highest BCUT2D eigenvalue weighted by molar-refractivity contribution is 9.10. The minimum absolute atomic E-state index is 0.125. The van der Waals surface area contributed by atoms with Crippen LogP contribution in [0.3, 0.4) is 0 Å². The van der Waals surface area contributed by atoms with Crippen molar-refractivity contribution in [3.05, 3.63) is 61.5 Å². The second kappa shape index (κ2) is 7.84. The molecular weight excluding hydrogens is 442 g/mol. The number of hydrogen-bond acceptors (Lipinski definition) is 6. The molecule has 0 spiro atoms. The molecule has 0 bridgehead atoms. The highest BCUT2D eigenvalue weighted by Crippen LogP contribution is 2.26. The van der Waals surface area contributed by atoms with Gasteiger partial charge in [-0.25, -0.2) is 9.67 Å². The Morgan fingerprint density at radius 1 is 1.41 bits per heavy atom. The largest absolute Gasteiger partial charge is 0.404 e. The molecule has 1 N–H and O–H groups in total. The summed E-state index contributed by atoms with van der Waals surface area (Å²) >= 11 is 9.06. The molecular formula is C15H13BrClN7O3. The van der Waals surface area contributed by atoms with E-state index in [1.165, 1.54) is 11.0 Å². The number of nitro groups is 1. The molecule has 0 aliphatic carbocycles. The molecule has 1 amide bonds. The molecule has 0 atom stereocenters. The summed E-state index contributed by atoms with van der Waals surface area (Å²) in [5.74, 6) is -0.673. The number of amides is 1. The first-order chi connectivity index (χ1) is 12.8. The Morgan fingerprint density at radius 3 is 2.85 bits per heavy atom. The van der Waals surface area contributed by atoms with Crippen molar-refractivity contribution in [2.75, 3.05) is 5.32 Å². The van der Waals surface area contributed by atoms with Gasteiger partial charge in [0.2, 0.25) is 5.95 Å². The number of carbonyl (C=O) groups is 1. The lowest BCUT2D eigenvalue weighted by Crippen LogP contribution is -2.21. The van der Waals surface area contributed by atoms with Gasteiger partial charge < -0.3 is 10.1 Å². The van der Waals surface area contributed by atoms with E-state index in [4.69, 9.17) is 11.6 Å². The monoisotopic (exact) mass is 453 g/mol. The van der Waals surface area contributed by atoms with E-state index in [1.807, 2.05) is 18.2 Å². The third kappa shape index (κ3) is 4.49. The zero-order chi connectivity index (χ0) is 19.6. The summed E-state index contributed by atoms with van der Waals surface area (Å²) in [6.07, 6.45) is 1.48. The van der Waals surface area contributed by atoms with Gasteiger partial charge in [-0.15, -0.1) is 5.10 Å². The molecule has 140 valence electrons. The van der Waals surface area contributed by atoms with Gasteiger partial charge in [0.05, 0.1) is 17.3 Å². The predicted octanol–water partition coefficient (Wildman–Crippen LogP) is 2.79. The van der Waals surface area contributed by atoms with E-state index in [0.29, 0.717) is 17.3 Å². The highest BCUT2D eigenvalue weighted by atomic mass is 79.9. The lowest BCUT2D eigenvalue weighted by Gasteiger charge is -2.02. The molecule has 0 aliphatic heterocycles. The van der Waals surface area contributed by atoms with E-state index in [9.17, 15) is 14.9 Å². The van der Waals surface area contributed by atoms with Crippen LogP contribution in [0, 0.1) is 17.0 Å². The van der Waals surface area contributed by atoms with Crippen molar-refractivity contribution in [2.45, 2.75) is 20.0 Å². The maximum Gasteiger partial charge on any atom is 0.404 e. The number of rotatable bonds is 6. The molecule has 3 rings (SSSR count). The molecule has 0 saturated heterocycles. The smallest absolute Gasteiger partial charge is 0.358 e. The summed E-state index contributed by atoms with van der Waals surface area (Å²) in [6, 6.07) is 7.32. The van der Waals surface area contributed by atoms with E-state index in [-0.39, 0.29) is 22.8 Å². The molecule has 0 unspecified atom stereocenters. The second-order valence-corrected chi connectivity index (χ2v) is 6.81. The lowest BCUT2D eigenvalue weighted by molar-refractivity contribution is -0.390. The van der Waals surface area contributed by atoms with Crippen molar-refractivity contribution in [3.63, 3.8) is 0 Å². The van der Waals surface area contributed by atoms with Gasteiger partial charge in [0.15, 0.2) is 0 Å². The fourth-order valence-corrected chi connectivity index (χ4v) is 2.97. The van der Waals surface area contributed by atoms with Crippen LogP contribution in [0.15, 0.2) is 35.1 Å². The Labute approximate surface area is 166 Å². The molecule has 0 saturated carbocycles. The predicted molar refractivity (Wildman–Crippen MR) is 101 cm³/mol. The van der Waals surface area contributed by atoms with E-state index in [2.05, 4.69) is 36.4 Å². The Morgan fingerprint density at radius 2 is 2.19 bits per heavy atom. The van der Waals surface area contributed by atoms with Crippen LogP contribution in [0.1, 0.15) is 11.3 Å². The maximum atomic E-state index is 12.2. The average Bonchev–Trinajstić information content (AvgIpc) is 3.14. The van der Waals surface area contributed by atoms with Gasteiger partial charge in [0, 0.05) is 5.02 Å². The quantitative estimate of drug-likeness (QED) is 0.451. The standard InChI is InChI=1S/C15H13BrClN7O3/c1-9-13(16)14(24(26)27)20-23(9)7-12(25)19-15-18-8-22(21-15)6-10-3-2-4-11(17)5-10/h2-5,8H,6-7H2,1H3,(H,19,21,25). The zero-order valence-corrected chi connectivity index (χ0v) is 16.3. The summed E-state index contributed by atoms with van der Waals surface area (Å²) in [5.41, 5.74) is 1.41. The van der Waals surface area contributed by atoms with Gasteiger partial charge in [-0.1, -0.05) is 23.7 Å². The number of carbonyl (C=O) groups excluding carboxylic acids is 1. The normalized spacial score (nSPS) is 10.8.